The lowest BCUT2D eigenvalue weighted by Crippen LogP contribution is -2.70. The third kappa shape index (κ3) is 16.2. The monoisotopic (exact) mass is 1240 g/mol. The van der Waals surface area contributed by atoms with Gasteiger partial charge in [0.05, 0.1) is 44.7 Å². The van der Waals surface area contributed by atoms with Crippen LogP contribution in [0.5, 0.6) is 0 Å². The zero-order chi connectivity index (χ0) is 63.1. The zero-order valence-corrected chi connectivity index (χ0v) is 51.8. The summed E-state index contributed by atoms with van der Waals surface area (Å²) in [6, 6.07) is 30.4. The highest BCUT2D eigenvalue weighted by Crippen LogP contribution is 2.37. The van der Waals surface area contributed by atoms with E-state index >= 15 is 35.1 Å². The highest BCUT2D eigenvalue weighted by molar-refractivity contribution is 5.45. The van der Waals surface area contributed by atoms with Crippen molar-refractivity contribution in [3.63, 3.8) is 0 Å². The highest BCUT2D eigenvalue weighted by Gasteiger charge is 2.48. The Labute approximate surface area is 520 Å². The van der Waals surface area contributed by atoms with E-state index in [-0.39, 0.29) is 100 Å². The second-order valence-corrected chi connectivity index (χ2v) is 23.5. The first-order valence-electron chi connectivity index (χ1n) is 31.5. The lowest BCUT2D eigenvalue weighted by Gasteiger charge is -2.52. The van der Waals surface area contributed by atoms with Crippen molar-refractivity contribution in [1.82, 2.24) is 45.8 Å². The number of ether oxygens (including phenoxy) is 2. The SMILES string of the molecule is CCN(CC)C(CNC(c1cc(F)ccc1F)C(CNC(CNC(CNc1cc[c]cc1F)(c1cc(F)ccc1F)N1CCOCC1)(c1cccc(F)c1)N1CCOCC1)N(CC)CC)C(NCC(c1cccc(F)c1)C1CCCN1C)c1cccc(F)c1. The average Bonchev–Trinajstić information content (AvgIpc) is 1.41. The number of hydrogen-bond acceptors (Lipinski definition) is 12. The molecular weight excluding hydrogens is 1150 g/mol. The number of hydrogen-bond donors (Lipinski definition) is 5. The largest absolute Gasteiger partial charge is 0.379 e. The van der Waals surface area contributed by atoms with Gasteiger partial charge in [-0.3, -0.25) is 30.2 Å². The zero-order valence-electron chi connectivity index (χ0n) is 51.8. The Morgan fingerprint density at radius 3 is 1.72 bits per heavy atom. The van der Waals surface area contributed by atoms with Crippen LogP contribution < -0.4 is 26.6 Å². The topological polar surface area (TPSA) is 94.8 Å². The van der Waals surface area contributed by atoms with E-state index in [0.717, 1.165) is 55.3 Å². The summed E-state index contributed by atoms with van der Waals surface area (Å²) >= 11 is 0. The van der Waals surface area contributed by atoms with Gasteiger partial charge in [0, 0.05) is 93.6 Å². The minimum absolute atomic E-state index is 0.0272. The van der Waals surface area contributed by atoms with Crippen LogP contribution in [0.1, 0.15) is 86.4 Å². The number of anilines is 1. The van der Waals surface area contributed by atoms with E-state index in [0.29, 0.717) is 56.9 Å². The second-order valence-electron chi connectivity index (χ2n) is 23.5. The van der Waals surface area contributed by atoms with Gasteiger partial charge in [0.2, 0.25) is 0 Å². The Hall–Kier alpha value is -5.88. The van der Waals surface area contributed by atoms with Gasteiger partial charge in [-0.1, -0.05) is 70.2 Å². The molecule has 6 aromatic rings. The molecule has 0 spiro atoms. The van der Waals surface area contributed by atoms with Crippen LogP contribution in [0.4, 0.5) is 40.8 Å². The van der Waals surface area contributed by atoms with E-state index in [1.807, 2.05) is 44.7 Å². The summed E-state index contributed by atoms with van der Waals surface area (Å²) < 4.78 is 140. The molecule has 3 fully saturated rings. The predicted molar refractivity (Wildman–Crippen MR) is 333 cm³/mol. The summed E-state index contributed by atoms with van der Waals surface area (Å²) in [5.74, 6) is -4.82. The molecule has 8 atom stereocenters. The Bertz CT molecular complexity index is 3190. The van der Waals surface area contributed by atoms with Gasteiger partial charge >= 0.3 is 0 Å². The van der Waals surface area contributed by atoms with Crippen LogP contribution in [0, 0.1) is 52.6 Å². The van der Waals surface area contributed by atoms with Crippen molar-refractivity contribution in [2.75, 3.05) is 130 Å². The molecule has 0 aromatic heterocycles. The molecular formula is C69H87F8N10O2. The molecule has 0 aliphatic carbocycles. The minimum atomic E-state index is -1.66. The van der Waals surface area contributed by atoms with Crippen molar-refractivity contribution < 1.29 is 44.6 Å². The van der Waals surface area contributed by atoms with E-state index in [1.54, 1.807) is 36.4 Å². The van der Waals surface area contributed by atoms with Crippen LogP contribution in [0.3, 0.4) is 0 Å². The highest BCUT2D eigenvalue weighted by atomic mass is 19.2. The number of halogens is 8. The van der Waals surface area contributed by atoms with E-state index in [2.05, 4.69) is 59.3 Å². The van der Waals surface area contributed by atoms with Crippen LogP contribution in [0.15, 0.2) is 127 Å². The Balaban J connectivity index is 1.16. The molecule has 6 aromatic carbocycles. The third-order valence-electron chi connectivity index (χ3n) is 18.6. The molecule has 9 rings (SSSR count). The molecule has 0 amide bonds. The Morgan fingerprint density at radius 1 is 0.551 bits per heavy atom. The molecule has 3 saturated heterocycles. The summed E-state index contributed by atoms with van der Waals surface area (Å²) in [6.45, 7) is 13.4. The number of benzene rings is 6. The van der Waals surface area contributed by atoms with Gasteiger partial charge in [0.15, 0.2) is 0 Å². The summed E-state index contributed by atoms with van der Waals surface area (Å²) in [6.07, 6.45) is 1.89. The van der Waals surface area contributed by atoms with Crippen LogP contribution >= 0.6 is 0 Å². The van der Waals surface area contributed by atoms with Crippen LogP contribution in [-0.2, 0) is 20.8 Å². The first kappa shape index (κ1) is 67.5. The third-order valence-corrected chi connectivity index (χ3v) is 18.6. The molecule has 0 saturated carbocycles. The number of likely N-dealkylation sites (N-methyl/N-ethyl adjacent to an activating group) is 3. The molecule has 12 nitrogen and oxygen atoms in total. The van der Waals surface area contributed by atoms with Gasteiger partial charge in [-0.05, 0) is 160 Å². The van der Waals surface area contributed by atoms with Gasteiger partial charge in [-0.15, -0.1) is 0 Å². The molecule has 20 heteroatoms. The fourth-order valence-corrected chi connectivity index (χ4v) is 13.9. The second kappa shape index (κ2) is 31.9. The first-order chi connectivity index (χ1) is 43.1. The van der Waals surface area contributed by atoms with Crippen molar-refractivity contribution >= 4 is 5.69 Å². The van der Waals surface area contributed by atoms with Crippen LogP contribution in [0.2, 0.25) is 0 Å². The Morgan fingerprint density at radius 2 is 1.11 bits per heavy atom. The quantitative estimate of drug-likeness (QED) is 0.0269. The normalized spacial score (nSPS) is 19.4. The minimum Gasteiger partial charge on any atom is -0.379 e. The summed E-state index contributed by atoms with van der Waals surface area (Å²) in [7, 11) is 2.09. The molecule has 481 valence electrons. The number of nitrogens with one attached hydrogen (secondary N) is 5. The van der Waals surface area contributed by atoms with Gasteiger partial charge in [0.1, 0.15) is 57.9 Å². The maximum absolute atomic E-state index is 17.1. The fraction of sp³-hybridized carbons (Fsp3) is 0.478. The van der Waals surface area contributed by atoms with Crippen LogP contribution in [-0.4, -0.2) is 168 Å². The summed E-state index contributed by atoms with van der Waals surface area (Å²) in [5.41, 5.74) is -1.04. The molecule has 3 aliphatic rings. The van der Waals surface area contributed by atoms with Gasteiger partial charge in [-0.25, -0.2) is 35.1 Å². The van der Waals surface area contributed by atoms with E-state index in [1.165, 1.54) is 48.5 Å². The van der Waals surface area contributed by atoms with Crippen molar-refractivity contribution in [3.05, 3.63) is 208 Å². The average molecular weight is 1240 g/mol. The fourth-order valence-electron chi connectivity index (χ4n) is 13.9. The molecule has 3 heterocycles. The van der Waals surface area contributed by atoms with E-state index in [9.17, 15) is 0 Å². The molecule has 1 radical (unpaired) electrons. The standard InChI is InChI=1S/C69H87F8N10O2/c1-6-84(7-2)64(66(49-17-13-20-52(71)39-49)78-43-57(63-24-15-29-83(63)5)48-16-12-19-51(70)38-48)44-79-67(56-41-54(73)25-27-59(56)75)65(85(8-3)9-4)45-81-68(86-30-34-88-35-31-86,50-18-14-21-53(72)40-50)47-82-69(87-32-36-89-37-33-87,58-42-55(74)26-28-60(58)76)46-80-62-23-11-10-22-61(62)77/h11-14,16-23,25-28,38-42,57,63-67,78-82H,6-9,15,24,29-37,43-47H2,1-5H3. The van der Waals surface area contributed by atoms with Gasteiger partial charge in [-0.2, -0.15) is 0 Å². The molecule has 3 aliphatic heterocycles. The van der Waals surface area contributed by atoms with Crippen molar-refractivity contribution in [3.8, 4) is 0 Å². The maximum atomic E-state index is 17.1. The number of morpholine rings is 2. The number of rotatable bonds is 31. The Kier molecular flexibility index (Phi) is 24.2. The van der Waals surface area contributed by atoms with Crippen molar-refractivity contribution in [2.45, 2.75) is 88.0 Å². The first-order valence-corrected chi connectivity index (χ1v) is 31.5. The summed E-state index contributed by atoms with van der Waals surface area (Å²) in [4.78, 5) is 10.8. The number of nitrogens with zero attached hydrogens (tertiary/aromatic N) is 5. The smallest absolute Gasteiger partial charge is 0.146 e. The maximum Gasteiger partial charge on any atom is 0.146 e. The van der Waals surface area contributed by atoms with Gasteiger partial charge in [0.25, 0.3) is 0 Å². The van der Waals surface area contributed by atoms with Crippen molar-refractivity contribution in [1.29, 1.82) is 0 Å². The van der Waals surface area contributed by atoms with E-state index < -0.39 is 76.2 Å². The van der Waals surface area contributed by atoms with Crippen LogP contribution in [0.25, 0.3) is 0 Å². The van der Waals surface area contributed by atoms with Crippen molar-refractivity contribution in [2.24, 2.45) is 0 Å². The van der Waals surface area contributed by atoms with Gasteiger partial charge < -0.3 is 30.3 Å². The molecule has 89 heavy (non-hydrogen) atoms. The molecule has 5 N–H and O–H groups in total. The molecule has 8 unspecified atom stereocenters. The lowest BCUT2D eigenvalue weighted by atomic mass is 9.88. The number of likely N-dealkylation sites (tertiary alicyclic amines) is 1. The molecule has 0 bridgehead atoms. The lowest BCUT2D eigenvalue weighted by molar-refractivity contribution is -0.0668. The van der Waals surface area contributed by atoms with E-state index in [4.69, 9.17) is 9.47 Å². The predicted octanol–water partition coefficient (Wildman–Crippen LogP) is 10.5. The summed E-state index contributed by atoms with van der Waals surface area (Å²) in [5, 5.41) is 18.6.